The molecule has 3 aliphatic rings. The van der Waals surface area contributed by atoms with Crippen molar-refractivity contribution in [3.05, 3.63) is 173 Å². The number of amides is 2. The molecule has 1 heterocycles. The summed E-state index contributed by atoms with van der Waals surface area (Å²) in [4.78, 5) is 46.9. The minimum atomic E-state index is -1.42. The lowest BCUT2D eigenvalue weighted by molar-refractivity contribution is -0.130. The van der Waals surface area contributed by atoms with Crippen molar-refractivity contribution in [2.24, 2.45) is 11.8 Å². The normalized spacial score (nSPS) is 25.6. The fourth-order valence-electron chi connectivity index (χ4n) is 8.20. The van der Waals surface area contributed by atoms with Crippen molar-refractivity contribution in [1.29, 1.82) is 0 Å². The average Bonchev–Trinajstić information content (AvgIpc) is 3.58. The highest BCUT2D eigenvalue weighted by atomic mass is 35.5. The van der Waals surface area contributed by atoms with Gasteiger partial charge in [-0.3, -0.25) is 14.4 Å². The molecule has 2 bridgehead atoms. The molecule has 2 amide bonds. The average molecular weight is 592 g/mol. The highest BCUT2D eigenvalue weighted by molar-refractivity contribution is 6.39. The number of hydrogen-bond acceptors (Lipinski definition) is 3. The van der Waals surface area contributed by atoms with E-state index in [1.807, 2.05) is 121 Å². The second-order valence-corrected chi connectivity index (χ2v) is 12.0. The lowest BCUT2D eigenvalue weighted by atomic mass is 9.59. The van der Waals surface area contributed by atoms with Gasteiger partial charge in [0, 0.05) is 5.02 Å². The molecule has 0 unspecified atom stereocenters. The molecule has 44 heavy (non-hydrogen) atoms. The maximum absolute atomic E-state index is 15.8. The molecule has 0 radical (unpaired) electrons. The highest BCUT2D eigenvalue weighted by Gasteiger charge is 2.82. The quantitative estimate of drug-likeness (QED) is 0.199. The summed E-state index contributed by atoms with van der Waals surface area (Å²) in [5.74, 6) is -2.85. The summed E-state index contributed by atoms with van der Waals surface area (Å²) in [5, 5.41) is 0.419. The molecule has 2 aliphatic carbocycles. The number of Topliss-reactive ketones (excluding diaryl/α,β-unsaturated/α-hetero) is 1. The van der Waals surface area contributed by atoms with Crippen molar-refractivity contribution in [3.8, 4) is 0 Å². The molecule has 5 aromatic carbocycles. The third-order valence-corrected chi connectivity index (χ3v) is 9.88. The fourth-order valence-corrected chi connectivity index (χ4v) is 8.39. The van der Waals surface area contributed by atoms with Crippen LogP contribution in [0.2, 0.25) is 5.02 Å². The molecule has 0 aromatic heterocycles. The molecule has 1 saturated heterocycles. The Morgan fingerprint density at radius 2 is 0.909 bits per heavy atom. The smallest absolute Gasteiger partial charge is 0.239 e. The summed E-state index contributed by atoms with van der Waals surface area (Å²) < 4.78 is 0. The highest BCUT2D eigenvalue weighted by Crippen LogP contribution is 2.74. The summed E-state index contributed by atoms with van der Waals surface area (Å²) in [6.45, 7) is 0. The predicted molar refractivity (Wildman–Crippen MR) is 172 cm³/mol. The van der Waals surface area contributed by atoms with E-state index in [4.69, 9.17) is 11.6 Å². The first-order chi connectivity index (χ1) is 21.5. The second-order valence-electron chi connectivity index (χ2n) is 11.6. The Morgan fingerprint density at radius 1 is 0.500 bits per heavy atom. The molecular weight excluding hydrogens is 566 g/mol. The molecule has 1 aliphatic heterocycles. The first-order valence-corrected chi connectivity index (χ1v) is 15.1. The van der Waals surface area contributed by atoms with E-state index >= 15 is 4.79 Å². The zero-order valence-electron chi connectivity index (χ0n) is 23.6. The Kier molecular flexibility index (Phi) is 5.87. The van der Waals surface area contributed by atoms with Crippen LogP contribution in [-0.4, -0.2) is 17.6 Å². The Balaban J connectivity index is 1.56. The van der Waals surface area contributed by atoms with Crippen LogP contribution in [0.4, 0.5) is 5.69 Å². The molecule has 5 aromatic rings. The van der Waals surface area contributed by atoms with E-state index in [1.54, 1.807) is 24.3 Å². The summed E-state index contributed by atoms with van der Waals surface area (Å²) in [6.07, 6.45) is 0. The van der Waals surface area contributed by atoms with Crippen LogP contribution in [0.1, 0.15) is 22.3 Å². The summed E-state index contributed by atoms with van der Waals surface area (Å²) in [6, 6.07) is 45.6. The lowest BCUT2D eigenvalue weighted by Crippen LogP contribution is -2.45. The number of fused-ring (bicyclic) bond motifs is 5. The van der Waals surface area contributed by atoms with Crippen molar-refractivity contribution in [1.82, 2.24) is 0 Å². The van der Waals surface area contributed by atoms with E-state index in [2.05, 4.69) is 0 Å². The van der Waals surface area contributed by atoms with Gasteiger partial charge in [0.2, 0.25) is 11.8 Å². The van der Waals surface area contributed by atoms with E-state index in [9.17, 15) is 9.59 Å². The largest absolute Gasteiger partial charge is 0.297 e. The van der Waals surface area contributed by atoms with Crippen LogP contribution >= 0.6 is 11.6 Å². The first-order valence-electron chi connectivity index (χ1n) is 14.7. The van der Waals surface area contributed by atoms with Crippen LogP contribution in [0, 0.1) is 11.8 Å². The number of imide groups is 1. The van der Waals surface area contributed by atoms with Crippen molar-refractivity contribution in [2.75, 3.05) is 4.90 Å². The predicted octanol–water partition coefficient (Wildman–Crippen LogP) is 7.53. The molecule has 2 fully saturated rings. The van der Waals surface area contributed by atoms with Gasteiger partial charge in [0.05, 0.1) is 28.4 Å². The number of anilines is 1. The van der Waals surface area contributed by atoms with E-state index in [1.165, 1.54) is 4.90 Å². The number of nitrogens with zero attached hydrogens (tertiary/aromatic N) is 1. The number of benzene rings is 5. The van der Waals surface area contributed by atoms with Crippen molar-refractivity contribution < 1.29 is 14.4 Å². The lowest BCUT2D eigenvalue weighted by Gasteiger charge is -2.39. The van der Waals surface area contributed by atoms with Crippen LogP contribution in [0.15, 0.2) is 146 Å². The Hall–Kier alpha value is -5.06. The van der Waals surface area contributed by atoms with Gasteiger partial charge < -0.3 is 0 Å². The third kappa shape index (κ3) is 3.26. The second kappa shape index (κ2) is 9.73. The summed E-state index contributed by atoms with van der Waals surface area (Å²) in [7, 11) is 0. The number of halogens is 1. The number of rotatable bonds is 5. The molecule has 4 atom stereocenters. The van der Waals surface area contributed by atoms with Crippen LogP contribution in [0.5, 0.6) is 0 Å². The van der Waals surface area contributed by atoms with Gasteiger partial charge in [0.1, 0.15) is 0 Å². The molecular formula is C39H26ClNO3. The van der Waals surface area contributed by atoms with Crippen molar-refractivity contribution in [2.45, 2.75) is 10.8 Å². The number of hydrogen-bond donors (Lipinski definition) is 0. The molecule has 8 rings (SSSR count). The van der Waals surface area contributed by atoms with E-state index < -0.39 is 34.5 Å². The topological polar surface area (TPSA) is 54.5 Å². The summed E-state index contributed by atoms with van der Waals surface area (Å²) >= 11 is 6.37. The molecule has 5 heteroatoms. The number of ketones is 1. The van der Waals surface area contributed by atoms with Gasteiger partial charge in [-0.2, -0.15) is 0 Å². The Bertz CT molecular complexity index is 1870. The van der Waals surface area contributed by atoms with Gasteiger partial charge in [0.25, 0.3) is 0 Å². The summed E-state index contributed by atoms with van der Waals surface area (Å²) in [5.41, 5.74) is 2.22. The third-order valence-electron chi connectivity index (χ3n) is 9.64. The zero-order chi connectivity index (χ0) is 30.1. The van der Waals surface area contributed by atoms with Gasteiger partial charge in [-0.05, 0) is 51.6 Å². The Morgan fingerprint density at radius 3 is 1.32 bits per heavy atom. The maximum atomic E-state index is 15.8. The standard InChI is InChI=1S/C39H26ClNO3/c40-29-22-13-23-30(24-29)41-35(42)33-34(36(41)43)39(28-20-11-4-12-21-28)32(26-16-7-2-8-17-26)31(25-14-5-1-6-15-25)38(33,37(39)44)27-18-9-3-10-19-27/h1-24,33-34H/t33-,34-,38-,39-/m0/s1. The zero-order valence-corrected chi connectivity index (χ0v) is 24.3. The van der Waals surface area contributed by atoms with E-state index in [-0.39, 0.29) is 5.78 Å². The van der Waals surface area contributed by atoms with Gasteiger partial charge in [-0.15, -0.1) is 0 Å². The van der Waals surface area contributed by atoms with Gasteiger partial charge >= 0.3 is 0 Å². The van der Waals surface area contributed by atoms with Gasteiger partial charge in [0.15, 0.2) is 5.78 Å². The van der Waals surface area contributed by atoms with Crippen molar-refractivity contribution in [3.63, 3.8) is 0 Å². The molecule has 4 nitrogen and oxygen atoms in total. The van der Waals surface area contributed by atoms with Gasteiger partial charge in [-0.1, -0.05) is 139 Å². The molecule has 0 spiro atoms. The monoisotopic (exact) mass is 591 g/mol. The van der Waals surface area contributed by atoms with Crippen molar-refractivity contribution >= 4 is 46.0 Å². The fraction of sp³-hybridized carbons (Fsp3) is 0.103. The molecule has 1 saturated carbocycles. The SMILES string of the molecule is O=C1[C@@H]2[C@@H](C(=O)N1c1cccc(Cl)c1)[C@@]1(c3ccccc3)C(=O)[C@@]2(c2ccccc2)C(c2ccccc2)=C1c1ccccc1. The Labute approximate surface area is 260 Å². The minimum Gasteiger partial charge on any atom is -0.297 e. The van der Waals surface area contributed by atoms with E-state index in [0.29, 0.717) is 21.8 Å². The number of carbonyl (C=O) groups is 3. The van der Waals surface area contributed by atoms with Crippen LogP contribution in [0.3, 0.4) is 0 Å². The van der Waals surface area contributed by atoms with E-state index in [0.717, 1.165) is 22.3 Å². The van der Waals surface area contributed by atoms with Crippen LogP contribution < -0.4 is 4.90 Å². The van der Waals surface area contributed by atoms with Crippen LogP contribution in [0.25, 0.3) is 11.1 Å². The molecule has 0 N–H and O–H groups in total. The number of carbonyl (C=O) groups excluding carboxylic acids is 3. The molecule has 212 valence electrons. The van der Waals surface area contributed by atoms with Crippen LogP contribution in [-0.2, 0) is 25.2 Å². The van der Waals surface area contributed by atoms with Gasteiger partial charge in [-0.25, -0.2) is 4.90 Å². The number of allylic oxidation sites excluding steroid dienone is 2. The maximum Gasteiger partial charge on any atom is 0.239 e. The minimum absolute atomic E-state index is 0.137. The first kappa shape index (κ1) is 26.6.